The van der Waals surface area contributed by atoms with Gasteiger partial charge in [0.2, 0.25) is 5.95 Å². The van der Waals surface area contributed by atoms with E-state index in [1.807, 2.05) is 13.8 Å². The van der Waals surface area contributed by atoms with Gasteiger partial charge in [-0.25, -0.2) is 4.98 Å². The van der Waals surface area contributed by atoms with E-state index < -0.39 is 10.8 Å². The highest BCUT2D eigenvalue weighted by Crippen LogP contribution is 2.40. The van der Waals surface area contributed by atoms with Crippen LogP contribution in [-0.4, -0.2) is 65.6 Å². The first-order valence-electron chi connectivity index (χ1n) is 13.6. The number of allylic oxidation sites excluding steroid dienone is 1. The molecular formula is C28H40ClN7O3S. The van der Waals surface area contributed by atoms with Crippen LogP contribution in [0.15, 0.2) is 34.0 Å². The van der Waals surface area contributed by atoms with Gasteiger partial charge in [-0.05, 0) is 61.9 Å². The molecule has 3 unspecified atom stereocenters. The van der Waals surface area contributed by atoms with Crippen molar-refractivity contribution in [1.82, 2.24) is 15.3 Å². The van der Waals surface area contributed by atoms with Gasteiger partial charge in [0, 0.05) is 38.6 Å². The van der Waals surface area contributed by atoms with Crippen molar-refractivity contribution < 1.29 is 13.7 Å². The number of hydrogen-bond acceptors (Lipinski definition) is 10. The largest absolute Gasteiger partial charge is 0.488 e. The summed E-state index contributed by atoms with van der Waals surface area (Å²) in [4.78, 5) is 13.0. The molecule has 2 aromatic rings. The van der Waals surface area contributed by atoms with Crippen LogP contribution in [0.1, 0.15) is 50.2 Å². The molecule has 0 bridgehead atoms. The van der Waals surface area contributed by atoms with Crippen molar-refractivity contribution in [3.63, 3.8) is 0 Å². The van der Waals surface area contributed by atoms with E-state index in [4.69, 9.17) is 26.8 Å². The smallest absolute Gasteiger partial charge is 0.229 e. The lowest BCUT2D eigenvalue weighted by molar-refractivity contribution is 0.0622. The highest BCUT2D eigenvalue weighted by Gasteiger charge is 2.30. The highest BCUT2D eigenvalue weighted by atomic mass is 35.5. The van der Waals surface area contributed by atoms with Gasteiger partial charge in [-0.15, -0.1) is 0 Å². The summed E-state index contributed by atoms with van der Waals surface area (Å²) < 4.78 is 24.8. The van der Waals surface area contributed by atoms with Gasteiger partial charge in [-0.3, -0.25) is 9.20 Å². The van der Waals surface area contributed by atoms with Gasteiger partial charge < -0.3 is 31.2 Å². The Morgan fingerprint density at radius 1 is 1.35 bits per heavy atom. The first-order valence-corrected chi connectivity index (χ1v) is 15.3. The van der Waals surface area contributed by atoms with Crippen molar-refractivity contribution in [2.45, 2.75) is 58.2 Å². The molecule has 0 radical (unpaired) electrons. The lowest BCUT2D eigenvalue weighted by atomic mass is 9.85. The van der Waals surface area contributed by atoms with Crippen molar-refractivity contribution >= 4 is 46.1 Å². The number of piperidine rings is 1. The van der Waals surface area contributed by atoms with E-state index in [0.29, 0.717) is 23.2 Å². The molecule has 40 heavy (non-hydrogen) atoms. The van der Waals surface area contributed by atoms with Gasteiger partial charge in [0.15, 0.2) is 5.82 Å². The molecule has 3 atom stereocenters. The maximum Gasteiger partial charge on any atom is 0.229 e. The van der Waals surface area contributed by atoms with E-state index in [0.717, 1.165) is 49.4 Å². The van der Waals surface area contributed by atoms with Crippen molar-refractivity contribution in [3.8, 4) is 5.75 Å². The van der Waals surface area contributed by atoms with Crippen LogP contribution in [0.5, 0.6) is 5.75 Å². The number of ether oxygens (including phenoxy) is 2. The fourth-order valence-electron chi connectivity index (χ4n) is 4.66. The third-order valence-electron chi connectivity index (χ3n) is 6.81. The number of rotatable bonds is 12. The normalized spacial score (nSPS) is 20.9. The van der Waals surface area contributed by atoms with Gasteiger partial charge in [0.05, 0.1) is 40.6 Å². The molecule has 2 heterocycles. The fraction of sp³-hybridized carbons (Fsp3) is 0.536. The summed E-state index contributed by atoms with van der Waals surface area (Å²) in [6.07, 6.45) is 6.39. The Hall–Kier alpha value is -2.73. The molecule has 4 rings (SSSR count). The van der Waals surface area contributed by atoms with Crippen molar-refractivity contribution in [2.75, 3.05) is 43.6 Å². The molecule has 218 valence electrons. The molecule has 0 spiro atoms. The van der Waals surface area contributed by atoms with Crippen LogP contribution >= 0.6 is 11.6 Å². The molecule has 1 aliphatic carbocycles. The lowest BCUT2D eigenvalue weighted by Crippen LogP contribution is -2.40. The van der Waals surface area contributed by atoms with E-state index in [-0.39, 0.29) is 34.1 Å². The van der Waals surface area contributed by atoms with Crippen LogP contribution in [0.25, 0.3) is 0 Å². The lowest BCUT2D eigenvalue weighted by Gasteiger charge is -2.33. The van der Waals surface area contributed by atoms with Crippen molar-refractivity contribution in [2.24, 2.45) is 16.6 Å². The van der Waals surface area contributed by atoms with Crippen LogP contribution < -0.4 is 26.4 Å². The number of anilines is 3. The molecule has 5 N–H and O–H groups in total. The summed E-state index contributed by atoms with van der Waals surface area (Å²) in [6.45, 7) is 7.86. The monoisotopic (exact) mass is 589 g/mol. The molecular weight excluding hydrogens is 550 g/mol. The molecule has 1 saturated heterocycles. The minimum atomic E-state index is -1.39. The molecule has 0 amide bonds. The zero-order valence-corrected chi connectivity index (χ0v) is 25.4. The van der Waals surface area contributed by atoms with E-state index in [9.17, 15) is 4.21 Å². The summed E-state index contributed by atoms with van der Waals surface area (Å²) in [7, 11) is 1.99. The minimum absolute atomic E-state index is 0.101. The average molecular weight is 590 g/mol. The van der Waals surface area contributed by atoms with Crippen LogP contribution in [0.4, 0.5) is 17.5 Å². The summed E-state index contributed by atoms with van der Waals surface area (Å²) in [6, 6.07) is 4.21. The standard InChI is InChI=1S/C28H40ClN7O3S/c1-16(2)15-40(37)26(30)23(13-31-4)34-27-21(29)12-33-28(36-27)35-22-10-17(3)20(11-24(22)39-18-6-7-18)19-8-9-32-14-25(19)38-5/h10-13,16,18-19,25,32H,6-9,14-15,30H2,1-5H3,(H2,33,34,35,36). The highest BCUT2D eigenvalue weighted by molar-refractivity contribution is 7.88. The molecule has 2 aliphatic rings. The number of nitrogens with zero attached hydrogens (tertiary/aromatic N) is 3. The van der Waals surface area contributed by atoms with Gasteiger partial charge in [0.1, 0.15) is 15.8 Å². The van der Waals surface area contributed by atoms with Crippen LogP contribution in [0, 0.1) is 12.8 Å². The van der Waals surface area contributed by atoms with Crippen molar-refractivity contribution in [3.05, 3.63) is 45.2 Å². The van der Waals surface area contributed by atoms with E-state index >= 15 is 0 Å². The topological polar surface area (TPSA) is 136 Å². The molecule has 2 fully saturated rings. The average Bonchev–Trinajstić information content (AvgIpc) is 3.75. The van der Waals surface area contributed by atoms with E-state index in [2.05, 4.69) is 50.0 Å². The maximum atomic E-state index is 12.7. The number of hydrogen-bond donors (Lipinski definition) is 4. The Morgan fingerprint density at radius 2 is 2.12 bits per heavy atom. The SMILES string of the molecule is CN=CC(Nc1nc(Nc2cc(C)c(C3CCNCC3OC)cc2OC2CC2)ncc1Cl)=C(N)S(=O)CC(C)C. The van der Waals surface area contributed by atoms with Gasteiger partial charge in [-0.1, -0.05) is 25.4 Å². The number of aromatic nitrogens is 2. The van der Waals surface area contributed by atoms with Crippen LogP contribution in [-0.2, 0) is 15.5 Å². The number of halogens is 1. The summed E-state index contributed by atoms with van der Waals surface area (Å²) >= 11 is 6.44. The molecule has 1 aliphatic heterocycles. The molecule has 12 heteroatoms. The Kier molecular flexibility index (Phi) is 10.4. The second kappa shape index (κ2) is 13.8. The van der Waals surface area contributed by atoms with E-state index in [1.54, 1.807) is 14.2 Å². The predicted octanol–water partition coefficient (Wildman–Crippen LogP) is 4.46. The number of aliphatic imine (C=N–C) groups is 1. The molecule has 10 nitrogen and oxygen atoms in total. The third kappa shape index (κ3) is 7.72. The summed E-state index contributed by atoms with van der Waals surface area (Å²) in [5.41, 5.74) is 9.75. The zero-order chi connectivity index (χ0) is 28.8. The number of methoxy groups -OCH3 is 1. The van der Waals surface area contributed by atoms with Crippen LogP contribution in [0.3, 0.4) is 0 Å². The van der Waals surface area contributed by atoms with Crippen LogP contribution in [0.2, 0.25) is 5.02 Å². The minimum Gasteiger partial charge on any atom is -0.488 e. The number of nitrogens with one attached hydrogen (secondary N) is 3. The van der Waals surface area contributed by atoms with Crippen molar-refractivity contribution in [1.29, 1.82) is 0 Å². The zero-order valence-electron chi connectivity index (χ0n) is 23.8. The Balaban J connectivity index is 1.63. The molecule has 1 aromatic heterocycles. The summed E-state index contributed by atoms with van der Waals surface area (Å²) in [5.74, 6) is 2.33. The molecule has 1 aromatic carbocycles. The number of nitrogens with two attached hydrogens (primary N) is 1. The van der Waals surface area contributed by atoms with Gasteiger partial charge in [-0.2, -0.15) is 4.98 Å². The third-order valence-corrected chi connectivity index (χ3v) is 8.77. The predicted molar refractivity (Wildman–Crippen MR) is 163 cm³/mol. The number of aryl methyl sites for hydroxylation is 1. The van der Waals surface area contributed by atoms with Gasteiger partial charge >= 0.3 is 0 Å². The first-order chi connectivity index (χ1) is 19.2. The maximum absolute atomic E-state index is 12.7. The fourth-order valence-corrected chi connectivity index (χ4v) is 5.93. The first kappa shape index (κ1) is 30.2. The van der Waals surface area contributed by atoms with E-state index in [1.165, 1.54) is 18.0 Å². The summed E-state index contributed by atoms with van der Waals surface area (Å²) in [5, 5.41) is 10.3. The Morgan fingerprint density at radius 3 is 2.80 bits per heavy atom. The Labute approximate surface area is 244 Å². The quantitative estimate of drug-likeness (QED) is 0.264. The second-order valence-electron chi connectivity index (χ2n) is 10.6. The number of benzene rings is 1. The Bertz CT molecular complexity index is 1280. The second-order valence-corrected chi connectivity index (χ2v) is 12.5. The molecule has 1 saturated carbocycles. The van der Waals surface area contributed by atoms with Gasteiger partial charge in [0.25, 0.3) is 0 Å².